The molecule has 0 saturated heterocycles. The van der Waals surface area contributed by atoms with Crippen molar-refractivity contribution in [1.29, 1.82) is 5.26 Å². The van der Waals surface area contributed by atoms with Crippen molar-refractivity contribution in [2.45, 2.75) is 31.6 Å². The molecule has 0 radical (unpaired) electrons. The van der Waals surface area contributed by atoms with Gasteiger partial charge in [0, 0.05) is 12.6 Å². The summed E-state index contributed by atoms with van der Waals surface area (Å²) in [6.07, 6.45) is -2.92. The lowest BCUT2D eigenvalue weighted by Crippen LogP contribution is -2.36. The molecule has 0 spiro atoms. The first-order valence-electron chi connectivity index (χ1n) is 8.46. The molecule has 0 unspecified atom stereocenters. The fourth-order valence-electron chi connectivity index (χ4n) is 2.78. The topological polar surface area (TPSA) is 53.3 Å². The molecule has 1 amide bonds. The van der Waals surface area contributed by atoms with Crippen LogP contribution < -0.4 is 4.74 Å². The highest BCUT2D eigenvalue weighted by Gasteiger charge is 2.37. The number of nitrogens with zero attached hydrogens (tertiary/aromatic N) is 2. The van der Waals surface area contributed by atoms with Gasteiger partial charge in [0.05, 0.1) is 17.2 Å². The molecule has 1 saturated carbocycles. The summed E-state index contributed by atoms with van der Waals surface area (Å²) >= 11 is 0. The van der Waals surface area contributed by atoms with E-state index in [0.29, 0.717) is 11.3 Å². The van der Waals surface area contributed by atoms with Crippen molar-refractivity contribution in [2.24, 2.45) is 0 Å². The van der Waals surface area contributed by atoms with Gasteiger partial charge in [-0.3, -0.25) is 4.79 Å². The Morgan fingerprint density at radius 2 is 1.81 bits per heavy atom. The first-order chi connectivity index (χ1) is 12.9. The zero-order chi connectivity index (χ0) is 19.4. The van der Waals surface area contributed by atoms with E-state index in [1.165, 1.54) is 23.1 Å². The van der Waals surface area contributed by atoms with Crippen LogP contribution in [0.15, 0.2) is 48.5 Å². The van der Waals surface area contributed by atoms with E-state index in [1.807, 2.05) is 6.07 Å². The first-order valence-corrected chi connectivity index (χ1v) is 8.46. The van der Waals surface area contributed by atoms with Gasteiger partial charge in [0.25, 0.3) is 5.91 Å². The number of hydrogen-bond donors (Lipinski definition) is 0. The third kappa shape index (κ3) is 4.79. The Bertz CT molecular complexity index is 853. The zero-order valence-corrected chi connectivity index (χ0v) is 14.4. The molecular formula is C20H17F3N2O2. The average Bonchev–Trinajstić information content (AvgIpc) is 3.49. The Kier molecular flexibility index (Phi) is 5.36. The number of alkyl halides is 3. The minimum atomic E-state index is -4.46. The van der Waals surface area contributed by atoms with Crippen molar-refractivity contribution in [3.8, 4) is 11.8 Å². The average molecular weight is 374 g/mol. The van der Waals surface area contributed by atoms with E-state index in [-0.39, 0.29) is 30.7 Å². The van der Waals surface area contributed by atoms with E-state index in [9.17, 15) is 18.0 Å². The monoisotopic (exact) mass is 374 g/mol. The van der Waals surface area contributed by atoms with Crippen molar-refractivity contribution in [2.75, 3.05) is 6.61 Å². The third-order valence-corrected chi connectivity index (χ3v) is 4.32. The van der Waals surface area contributed by atoms with Gasteiger partial charge in [-0.2, -0.15) is 18.4 Å². The SMILES string of the molecule is N#Cc1ccc(OCC(=O)N(Cc2ccccc2C(F)(F)F)C2CC2)cc1. The Hall–Kier alpha value is -3.01. The van der Waals surface area contributed by atoms with Crippen LogP contribution in [0, 0.1) is 11.3 Å². The smallest absolute Gasteiger partial charge is 0.416 e. The number of hydrogen-bond acceptors (Lipinski definition) is 3. The van der Waals surface area contributed by atoms with Crippen LogP contribution in [0.1, 0.15) is 29.5 Å². The fourth-order valence-corrected chi connectivity index (χ4v) is 2.78. The van der Waals surface area contributed by atoms with Crippen molar-refractivity contribution in [3.63, 3.8) is 0 Å². The van der Waals surface area contributed by atoms with E-state index in [4.69, 9.17) is 10.00 Å². The van der Waals surface area contributed by atoms with Crippen LogP contribution in [0.4, 0.5) is 13.2 Å². The van der Waals surface area contributed by atoms with Gasteiger partial charge in [-0.25, -0.2) is 0 Å². The molecule has 3 rings (SSSR count). The van der Waals surface area contributed by atoms with E-state index >= 15 is 0 Å². The number of halogens is 3. The molecule has 0 bridgehead atoms. The van der Waals surface area contributed by atoms with Crippen molar-refractivity contribution >= 4 is 5.91 Å². The summed E-state index contributed by atoms with van der Waals surface area (Å²) in [5.74, 6) is 0.0626. The van der Waals surface area contributed by atoms with Crippen LogP contribution >= 0.6 is 0 Å². The molecule has 4 nitrogen and oxygen atoms in total. The van der Waals surface area contributed by atoms with Crippen molar-refractivity contribution < 1.29 is 22.7 Å². The molecule has 0 atom stereocenters. The number of carbonyl (C=O) groups excluding carboxylic acids is 1. The lowest BCUT2D eigenvalue weighted by Gasteiger charge is -2.24. The van der Waals surface area contributed by atoms with Crippen LogP contribution in [-0.2, 0) is 17.5 Å². The molecular weight excluding hydrogens is 357 g/mol. The normalized spacial score (nSPS) is 13.7. The molecule has 2 aromatic rings. The highest BCUT2D eigenvalue weighted by Crippen LogP contribution is 2.34. The molecule has 0 aliphatic heterocycles. The van der Waals surface area contributed by atoms with Crippen LogP contribution in [0.3, 0.4) is 0 Å². The summed E-state index contributed by atoms with van der Waals surface area (Å²) in [7, 11) is 0. The maximum absolute atomic E-state index is 13.2. The summed E-state index contributed by atoms with van der Waals surface area (Å²) in [5, 5.41) is 8.78. The Morgan fingerprint density at radius 1 is 1.15 bits per heavy atom. The quantitative estimate of drug-likeness (QED) is 0.763. The predicted molar refractivity (Wildman–Crippen MR) is 91.7 cm³/mol. The summed E-state index contributed by atoms with van der Waals surface area (Å²) < 4.78 is 45.0. The number of ether oxygens (including phenoxy) is 1. The second-order valence-corrected chi connectivity index (χ2v) is 6.33. The lowest BCUT2D eigenvalue weighted by molar-refractivity contribution is -0.140. The maximum Gasteiger partial charge on any atom is 0.416 e. The van der Waals surface area contributed by atoms with E-state index < -0.39 is 11.7 Å². The molecule has 140 valence electrons. The predicted octanol–water partition coefficient (Wildman–Crippen LogP) is 4.15. The van der Waals surface area contributed by atoms with Crippen molar-refractivity contribution in [1.82, 2.24) is 4.90 Å². The number of rotatable bonds is 6. The highest BCUT2D eigenvalue weighted by atomic mass is 19.4. The van der Waals surface area contributed by atoms with E-state index in [1.54, 1.807) is 24.3 Å². The van der Waals surface area contributed by atoms with Crippen molar-refractivity contribution in [3.05, 3.63) is 65.2 Å². The zero-order valence-electron chi connectivity index (χ0n) is 14.4. The molecule has 2 aromatic carbocycles. The highest BCUT2D eigenvalue weighted by molar-refractivity contribution is 5.78. The molecule has 1 aliphatic rings. The third-order valence-electron chi connectivity index (χ3n) is 4.32. The largest absolute Gasteiger partial charge is 0.484 e. The fraction of sp³-hybridized carbons (Fsp3) is 0.300. The van der Waals surface area contributed by atoms with Gasteiger partial charge in [-0.1, -0.05) is 18.2 Å². The molecule has 1 fully saturated rings. The molecule has 0 N–H and O–H groups in total. The molecule has 27 heavy (non-hydrogen) atoms. The van der Waals surface area contributed by atoms with Gasteiger partial charge < -0.3 is 9.64 Å². The number of benzene rings is 2. The Labute approximate surface area is 154 Å². The Balaban J connectivity index is 1.69. The maximum atomic E-state index is 13.2. The van der Waals surface area contributed by atoms with Crippen LogP contribution in [0.25, 0.3) is 0 Å². The number of nitriles is 1. The molecule has 7 heteroatoms. The second kappa shape index (κ2) is 7.70. The number of carbonyl (C=O) groups is 1. The summed E-state index contributed by atoms with van der Waals surface area (Å²) in [4.78, 5) is 14.0. The van der Waals surface area contributed by atoms with Gasteiger partial charge in [-0.05, 0) is 48.7 Å². The minimum absolute atomic E-state index is 0.0524. The summed E-state index contributed by atoms with van der Waals surface area (Å²) in [6, 6.07) is 13.5. The molecule has 1 aliphatic carbocycles. The molecule has 0 aromatic heterocycles. The van der Waals surface area contributed by atoms with Gasteiger partial charge in [-0.15, -0.1) is 0 Å². The minimum Gasteiger partial charge on any atom is -0.484 e. The van der Waals surface area contributed by atoms with Gasteiger partial charge in [0.2, 0.25) is 0 Å². The van der Waals surface area contributed by atoms with Gasteiger partial charge >= 0.3 is 6.18 Å². The summed E-state index contributed by atoms with van der Waals surface area (Å²) in [6.45, 7) is -0.369. The van der Waals surface area contributed by atoms with Crippen LogP contribution in [0.5, 0.6) is 5.75 Å². The van der Waals surface area contributed by atoms with E-state index in [0.717, 1.165) is 18.9 Å². The van der Waals surface area contributed by atoms with E-state index in [2.05, 4.69) is 0 Å². The van der Waals surface area contributed by atoms with Gasteiger partial charge in [0.15, 0.2) is 6.61 Å². The van der Waals surface area contributed by atoms with Gasteiger partial charge in [0.1, 0.15) is 5.75 Å². The summed E-state index contributed by atoms with van der Waals surface area (Å²) in [5.41, 5.74) is -0.183. The first kappa shape index (κ1) is 18.8. The molecule has 0 heterocycles. The van der Waals surface area contributed by atoms with Crippen LogP contribution in [0.2, 0.25) is 0 Å². The lowest BCUT2D eigenvalue weighted by atomic mass is 10.1. The van der Waals surface area contributed by atoms with Crippen LogP contribution in [-0.4, -0.2) is 23.5 Å². The number of amides is 1. The Morgan fingerprint density at radius 3 is 2.41 bits per heavy atom. The second-order valence-electron chi connectivity index (χ2n) is 6.33. The standard InChI is InChI=1S/C20H17F3N2O2/c21-20(22,23)18-4-2-1-3-15(18)12-25(16-7-8-16)19(26)13-27-17-9-5-14(11-24)6-10-17/h1-6,9-10,16H,7-8,12-13H2.